The van der Waals surface area contributed by atoms with E-state index in [2.05, 4.69) is 52.7 Å². The number of nitrogens with zero attached hydrogens (tertiary/aromatic N) is 2. The second-order valence-corrected chi connectivity index (χ2v) is 21.2. The number of aliphatic hydroxyl groups excluding tert-OH is 5. The molecule has 12 atom stereocenters. The van der Waals surface area contributed by atoms with Gasteiger partial charge in [-0.25, -0.2) is 13.9 Å². The minimum Gasteiger partial charge on any atom is -0.462 e. The fourth-order valence-electron chi connectivity index (χ4n) is 7.83. The Labute approximate surface area is 434 Å². The molecular formula is C50H81N3O19P2. The van der Waals surface area contributed by atoms with Crippen LogP contribution in [0.25, 0.3) is 0 Å². The van der Waals surface area contributed by atoms with E-state index in [-0.39, 0.29) is 37.9 Å². The maximum absolute atomic E-state index is 13.4. The summed E-state index contributed by atoms with van der Waals surface area (Å²) >= 11 is 0. The number of phosphoric acid groups is 2. The highest BCUT2D eigenvalue weighted by Crippen LogP contribution is 2.60. The Bertz CT molecular complexity index is 2100. The van der Waals surface area contributed by atoms with Crippen LogP contribution < -0.4 is 11.4 Å². The van der Waals surface area contributed by atoms with Gasteiger partial charge in [0, 0.05) is 31.4 Å². The van der Waals surface area contributed by atoms with Crippen molar-refractivity contribution in [1.82, 2.24) is 9.55 Å². The smallest absolute Gasteiger partial charge is 0.462 e. The molecule has 0 saturated carbocycles. The van der Waals surface area contributed by atoms with Gasteiger partial charge in [0.2, 0.25) is 0 Å². The van der Waals surface area contributed by atoms with E-state index in [0.29, 0.717) is 19.3 Å². The summed E-state index contributed by atoms with van der Waals surface area (Å²) in [5, 5.41) is 56.8. The van der Waals surface area contributed by atoms with Crippen LogP contribution in [-0.4, -0.2) is 126 Å². The van der Waals surface area contributed by atoms with Crippen molar-refractivity contribution in [3.8, 4) is 0 Å². The quantitative estimate of drug-likeness (QED) is 0.0284. The van der Waals surface area contributed by atoms with Gasteiger partial charge in [-0.15, -0.1) is 0 Å². The number of hydrogen-bond acceptors (Lipinski definition) is 19. The van der Waals surface area contributed by atoms with Crippen molar-refractivity contribution in [2.45, 2.75) is 191 Å². The molecule has 1 aromatic heterocycles. The van der Waals surface area contributed by atoms with E-state index in [1.165, 1.54) is 18.2 Å². The molecule has 2 aliphatic heterocycles. The molecular weight excluding hydrogens is 1010 g/mol. The number of carbonyl (C=O) groups excluding carboxylic acids is 2. The van der Waals surface area contributed by atoms with Crippen molar-refractivity contribution in [1.29, 1.82) is 0 Å². The summed E-state index contributed by atoms with van der Waals surface area (Å²) in [6, 6.07) is 1.22. The van der Waals surface area contributed by atoms with Gasteiger partial charge in [-0.3, -0.25) is 23.2 Å². The van der Waals surface area contributed by atoms with Gasteiger partial charge in [0.1, 0.15) is 43.1 Å². The summed E-state index contributed by atoms with van der Waals surface area (Å²) in [6.45, 7) is 1.28. The number of ether oxygens (including phenoxy) is 4. The standard InChI is InChI=1S/C50H81N3O19P2/c1-3-5-7-8-9-10-11-12-13-14-15-16-17-18-24-28-45(57)69-38-34-66-44(56)27-23-20-19-22-26-39-40(55)33-46(58)70-41(30-29-37(54)25-21-6-4-2)47(59)48(60)42(36-68-74(64,65)72-73(62,63)67-35-38)71-49(39)53-32-31-43(51)52-50(53)61/h5,7,9-10,12-13,19,22,29-32,37-42,46-49,54-55,58-60H,3-4,6,8,11,14-18,20-21,23-28,33-36H2,1-2H3,(H,62,63)(H,64,65)(H2,51,52,61)/b7-5-,10-9-,13-12-,22-19?,30-29+/t37-,38+,39-,40-,41+,42+,46?,47-,48+,49+/m0/s1. The highest BCUT2D eigenvalue weighted by Gasteiger charge is 2.44. The molecule has 1 aromatic rings. The second kappa shape index (κ2) is 35.6. The number of cyclic esters (lactones) is 1. The molecule has 1 saturated heterocycles. The predicted molar refractivity (Wildman–Crippen MR) is 273 cm³/mol. The fraction of sp³-hybridized carbons (Fsp3) is 0.680. The molecule has 74 heavy (non-hydrogen) atoms. The first-order chi connectivity index (χ1) is 35.3. The van der Waals surface area contributed by atoms with E-state index < -0.39 is 121 Å². The summed E-state index contributed by atoms with van der Waals surface area (Å²) in [7, 11) is -11.4. The van der Waals surface area contributed by atoms with Crippen molar-refractivity contribution in [3.05, 3.63) is 83.5 Å². The van der Waals surface area contributed by atoms with Crippen LogP contribution in [0, 0.1) is 5.92 Å². The number of aromatic nitrogens is 2. The van der Waals surface area contributed by atoms with Crippen LogP contribution in [0.1, 0.15) is 142 Å². The van der Waals surface area contributed by atoms with Gasteiger partial charge in [0.05, 0.1) is 25.4 Å². The van der Waals surface area contributed by atoms with Gasteiger partial charge < -0.3 is 60.0 Å². The number of anilines is 1. The number of esters is 2. The third-order valence-corrected chi connectivity index (χ3v) is 14.5. The molecule has 0 amide bonds. The molecule has 22 nitrogen and oxygen atoms in total. The van der Waals surface area contributed by atoms with E-state index in [1.807, 2.05) is 6.92 Å². The summed E-state index contributed by atoms with van der Waals surface area (Å²) in [5.74, 6) is -2.89. The molecule has 1 fully saturated rings. The molecule has 3 heterocycles. The van der Waals surface area contributed by atoms with Crippen molar-refractivity contribution in [3.63, 3.8) is 0 Å². The lowest BCUT2D eigenvalue weighted by Gasteiger charge is -2.36. The lowest BCUT2D eigenvalue weighted by molar-refractivity contribution is -0.192. The van der Waals surface area contributed by atoms with E-state index in [9.17, 15) is 58.8 Å². The number of nitrogens with two attached hydrogens (primary N) is 1. The number of aliphatic hydroxyl groups is 5. The zero-order valence-electron chi connectivity index (χ0n) is 42.7. The Balaban J connectivity index is 1.83. The largest absolute Gasteiger partial charge is 0.481 e. The molecule has 2 bridgehead atoms. The number of rotatable bonds is 21. The summed E-state index contributed by atoms with van der Waals surface area (Å²) < 4.78 is 64.7. The zero-order valence-corrected chi connectivity index (χ0v) is 44.4. The van der Waals surface area contributed by atoms with Crippen LogP contribution in [0.3, 0.4) is 0 Å². The van der Waals surface area contributed by atoms with Gasteiger partial charge >= 0.3 is 33.3 Å². The Hall–Kier alpha value is -3.70. The molecule has 3 unspecified atom stereocenters. The van der Waals surface area contributed by atoms with Crippen molar-refractivity contribution in [2.75, 3.05) is 25.6 Å². The highest BCUT2D eigenvalue weighted by molar-refractivity contribution is 7.61. The number of fused-ring (bicyclic) bond motifs is 3. The molecule has 0 radical (unpaired) electrons. The second-order valence-electron chi connectivity index (χ2n) is 18.2. The third-order valence-electron chi connectivity index (χ3n) is 11.9. The monoisotopic (exact) mass is 1090 g/mol. The van der Waals surface area contributed by atoms with Crippen LogP contribution in [0.5, 0.6) is 0 Å². The maximum Gasteiger partial charge on any atom is 0.481 e. The van der Waals surface area contributed by atoms with Gasteiger partial charge in [-0.1, -0.05) is 113 Å². The number of nitrogen functional groups attached to an aromatic ring is 1. The number of phosphoric ester groups is 2. The predicted octanol–water partition coefficient (Wildman–Crippen LogP) is 6.44. The Morgan fingerprint density at radius 3 is 2.28 bits per heavy atom. The topological polar surface area (TPSA) is 335 Å². The van der Waals surface area contributed by atoms with E-state index in [0.717, 1.165) is 75.0 Å². The Morgan fingerprint density at radius 1 is 0.878 bits per heavy atom. The number of hydrogen-bond donors (Lipinski definition) is 8. The summed E-state index contributed by atoms with van der Waals surface area (Å²) in [6.07, 6.45) is 14.2. The normalized spacial score (nSPS) is 30.3. The zero-order chi connectivity index (χ0) is 54.4. The van der Waals surface area contributed by atoms with Crippen LogP contribution in [-0.2, 0) is 51.0 Å². The lowest BCUT2D eigenvalue weighted by atomic mass is 9.92. The molecule has 24 heteroatoms. The number of carbonyl (C=O) groups is 2. The average molecular weight is 1090 g/mol. The van der Waals surface area contributed by atoms with Crippen molar-refractivity contribution in [2.24, 2.45) is 5.92 Å². The van der Waals surface area contributed by atoms with Crippen LogP contribution in [0.2, 0.25) is 0 Å². The first-order valence-corrected chi connectivity index (χ1v) is 28.7. The van der Waals surface area contributed by atoms with Crippen molar-refractivity contribution >= 4 is 33.4 Å². The molecule has 0 aromatic carbocycles. The minimum atomic E-state index is -5.74. The van der Waals surface area contributed by atoms with E-state index in [4.69, 9.17) is 33.7 Å². The SMILES string of the molecule is CC/C=C\C/C=C\C/C=C\CCCCCCCC(=O)O[C@@H]1COC(=O)CCCC=CC[C@@H]2[C@H](n3ccc(N)nc3=O)O[C@H](COP(=O)(O)OP(=O)(O)OC1)[C@@H](O)[C@@H](O)[C@@H](/C=C/[C@@H](O)CCCCC)OC(O)C[C@@H]2O. The average Bonchev–Trinajstić information content (AvgIpc) is 3.35. The van der Waals surface area contributed by atoms with E-state index in [1.54, 1.807) is 12.2 Å². The Morgan fingerprint density at radius 2 is 1.57 bits per heavy atom. The van der Waals surface area contributed by atoms with Gasteiger partial charge in [0.25, 0.3) is 0 Å². The fourth-order valence-corrected chi connectivity index (χ4v) is 9.94. The van der Waals surface area contributed by atoms with Crippen LogP contribution >= 0.6 is 15.6 Å². The molecule has 9 N–H and O–H groups in total. The molecule has 0 spiro atoms. The minimum absolute atomic E-state index is 0.0276. The lowest BCUT2D eigenvalue weighted by Crippen LogP contribution is -2.49. The van der Waals surface area contributed by atoms with E-state index >= 15 is 0 Å². The van der Waals surface area contributed by atoms with Gasteiger partial charge in [-0.2, -0.15) is 9.29 Å². The first kappa shape index (κ1) is 64.6. The molecule has 2 aliphatic rings. The number of unbranched alkanes of at least 4 members (excludes halogenated alkanes) is 7. The molecule has 0 aliphatic carbocycles. The van der Waals surface area contributed by atoms with Gasteiger partial charge in [0.15, 0.2) is 12.4 Å². The summed E-state index contributed by atoms with van der Waals surface area (Å²) in [5.41, 5.74) is 4.75. The highest BCUT2D eigenvalue weighted by atomic mass is 31.3. The summed E-state index contributed by atoms with van der Waals surface area (Å²) in [4.78, 5) is 64.3. The third kappa shape index (κ3) is 26.4. The Kier molecular flexibility index (Phi) is 31.1. The van der Waals surface area contributed by atoms with Crippen LogP contribution in [0.4, 0.5) is 5.82 Å². The first-order valence-electron chi connectivity index (χ1n) is 25.7. The molecule has 420 valence electrons. The maximum atomic E-state index is 13.4. The van der Waals surface area contributed by atoms with Crippen LogP contribution in [0.15, 0.2) is 77.8 Å². The van der Waals surface area contributed by atoms with Gasteiger partial charge in [-0.05, 0) is 70.3 Å². The molecule has 3 rings (SSSR count). The number of allylic oxidation sites excluding steroid dienone is 8. The van der Waals surface area contributed by atoms with Crippen molar-refractivity contribution < 1.29 is 86.3 Å².